The minimum absolute atomic E-state index is 0. The molecule has 0 radical (unpaired) electrons. The van der Waals surface area contributed by atoms with Gasteiger partial charge in [0.15, 0.2) is 6.10 Å². The molecule has 20 heavy (non-hydrogen) atoms. The Hall–Kier alpha value is -0.780. The van der Waals surface area contributed by atoms with E-state index in [1.807, 2.05) is 25.1 Å². The highest BCUT2D eigenvalue weighted by molar-refractivity contribution is 9.10. The van der Waals surface area contributed by atoms with Crippen molar-refractivity contribution in [1.29, 1.82) is 0 Å². The maximum atomic E-state index is 11.8. The van der Waals surface area contributed by atoms with Crippen LogP contribution in [-0.4, -0.2) is 25.1 Å². The normalized spacial score (nSPS) is 11.4. The molecule has 1 aromatic carbocycles. The topological polar surface area (TPSA) is 64.3 Å². The lowest BCUT2D eigenvalue weighted by Crippen LogP contribution is -2.37. The number of rotatable bonds is 7. The molecule has 3 N–H and O–H groups in total. The summed E-state index contributed by atoms with van der Waals surface area (Å²) in [4.78, 5) is 11.8. The fourth-order valence-electron chi connectivity index (χ4n) is 1.57. The van der Waals surface area contributed by atoms with Crippen LogP contribution in [0.5, 0.6) is 5.75 Å². The molecule has 1 atom stereocenters. The molecule has 0 bridgehead atoms. The van der Waals surface area contributed by atoms with E-state index in [-0.39, 0.29) is 18.3 Å². The number of aryl methyl sites for hydroxylation is 1. The quantitative estimate of drug-likeness (QED) is 0.730. The van der Waals surface area contributed by atoms with E-state index < -0.39 is 6.10 Å². The van der Waals surface area contributed by atoms with Gasteiger partial charge in [-0.3, -0.25) is 4.79 Å². The van der Waals surface area contributed by atoms with E-state index in [4.69, 9.17) is 10.5 Å². The largest absolute Gasteiger partial charge is 0.480 e. The summed E-state index contributed by atoms with van der Waals surface area (Å²) in [5.74, 6) is 0.569. The van der Waals surface area contributed by atoms with Gasteiger partial charge in [0.1, 0.15) is 5.75 Å². The number of hydrogen-bond acceptors (Lipinski definition) is 3. The number of ether oxygens (including phenoxy) is 1. The van der Waals surface area contributed by atoms with Crippen LogP contribution in [0, 0.1) is 6.92 Å². The smallest absolute Gasteiger partial charge is 0.260 e. The molecule has 0 aromatic heterocycles. The number of carbonyl (C=O) groups is 1. The molecule has 1 unspecified atom stereocenters. The zero-order valence-corrected chi connectivity index (χ0v) is 14.2. The monoisotopic (exact) mass is 364 g/mol. The number of amides is 1. The summed E-state index contributed by atoms with van der Waals surface area (Å²) >= 11 is 3.43. The van der Waals surface area contributed by atoms with Crippen molar-refractivity contribution in [1.82, 2.24) is 5.32 Å². The van der Waals surface area contributed by atoms with Crippen LogP contribution >= 0.6 is 28.3 Å². The third-order valence-electron chi connectivity index (χ3n) is 2.69. The summed E-state index contributed by atoms with van der Waals surface area (Å²) in [5, 5.41) is 2.83. The first kappa shape index (κ1) is 19.2. The zero-order chi connectivity index (χ0) is 14.3. The van der Waals surface area contributed by atoms with Crippen molar-refractivity contribution in [2.45, 2.75) is 32.8 Å². The van der Waals surface area contributed by atoms with Crippen molar-refractivity contribution in [3.8, 4) is 5.75 Å². The molecule has 0 saturated heterocycles. The standard InChI is InChI=1S/C14H21BrN2O2.ClH/c1-10-5-6-13(12(15)9-10)19-11(2)14(18)17-8-4-3-7-16;/h5-6,9,11H,3-4,7-8,16H2,1-2H3,(H,17,18);1H. The number of nitrogens with one attached hydrogen (secondary N) is 1. The first-order valence-electron chi connectivity index (χ1n) is 6.45. The third kappa shape index (κ3) is 6.59. The molecule has 0 aliphatic carbocycles. The molecule has 1 rings (SSSR count). The average molecular weight is 366 g/mol. The molecular formula is C14H22BrClN2O2. The van der Waals surface area contributed by atoms with Gasteiger partial charge < -0.3 is 15.8 Å². The molecule has 0 aliphatic rings. The lowest BCUT2D eigenvalue weighted by atomic mass is 10.2. The number of halogens is 2. The van der Waals surface area contributed by atoms with Gasteiger partial charge in [-0.25, -0.2) is 0 Å². The highest BCUT2D eigenvalue weighted by Crippen LogP contribution is 2.26. The first-order valence-corrected chi connectivity index (χ1v) is 7.24. The second kappa shape index (κ2) is 10.0. The predicted octanol–water partition coefficient (Wildman–Crippen LogP) is 2.80. The van der Waals surface area contributed by atoms with Crippen LogP contribution in [0.25, 0.3) is 0 Å². The van der Waals surface area contributed by atoms with E-state index in [1.165, 1.54) is 0 Å². The van der Waals surface area contributed by atoms with Gasteiger partial charge >= 0.3 is 0 Å². The molecule has 0 spiro atoms. The van der Waals surface area contributed by atoms with Crippen molar-refractivity contribution in [3.05, 3.63) is 28.2 Å². The fourth-order valence-corrected chi connectivity index (χ4v) is 2.16. The van der Waals surface area contributed by atoms with E-state index in [0.29, 0.717) is 18.8 Å². The Labute approximate surface area is 135 Å². The Morgan fingerprint density at radius 1 is 1.45 bits per heavy atom. The van der Waals surface area contributed by atoms with E-state index in [2.05, 4.69) is 21.2 Å². The summed E-state index contributed by atoms with van der Waals surface area (Å²) in [6.45, 7) is 5.03. The van der Waals surface area contributed by atoms with Crippen LogP contribution in [0.1, 0.15) is 25.3 Å². The van der Waals surface area contributed by atoms with Crippen molar-refractivity contribution in [3.63, 3.8) is 0 Å². The van der Waals surface area contributed by atoms with Gasteiger partial charge in [-0.1, -0.05) is 6.07 Å². The van der Waals surface area contributed by atoms with Crippen molar-refractivity contribution < 1.29 is 9.53 Å². The molecule has 114 valence electrons. The van der Waals surface area contributed by atoms with Crippen molar-refractivity contribution in [2.75, 3.05) is 13.1 Å². The van der Waals surface area contributed by atoms with E-state index in [1.54, 1.807) is 6.92 Å². The zero-order valence-electron chi connectivity index (χ0n) is 11.8. The fraction of sp³-hybridized carbons (Fsp3) is 0.500. The van der Waals surface area contributed by atoms with Gasteiger partial charge in [0.2, 0.25) is 0 Å². The molecule has 4 nitrogen and oxygen atoms in total. The lowest BCUT2D eigenvalue weighted by Gasteiger charge is -2.16. The Balaban J connectivity index is 0.00000361. The van der Waals surface area contributed by atoms with E-state index in [9.17, 15) is 4.79 Å². The van der Waals surface area contributed by atoms with E-state index >= 15 is 0 Å². The first-order chi connectivity index (χ1) is 9.04. The Morgan fingerprint density at radius 2 is 2.15 bits per heavy atom. The Morgan fingerprint density at radius 3 is 2.75 bits per heavy atom. The van der Waals surface area contributed by atoms with Crippen molar-refractivity contribution >= 4 is 34.2 Å². The number of nitrogens with two attached hydrogens (primary N) is 1. The minimum atomic E-state index is -0.517. The summed E-state index contributed by atoms with van der Waals surface area (Å²) in [6.07, 6.45) is 1.29. The number of unbranched alkanes of at least 4 members (excludes halogenated alkanes) is 1. The van der Waals surface area contributed by atoms with E-state index in [0.717, 1.165) is 22.9 Å². The highest BCUT2D eigenvalue weighted by Gasteiger charge is 2.15. The molecule has 0 aliphatic heterocycles. The van der Waals surface area contributed by atoms with Crippen LogP contribution in [0.4, 0.5) is 0 Å². The number of hydrogen-bond donors (Lipinski definition) is 2. The van der Waals surface area contributed by atoms with Crippen LogP contribution in [0.15, 0.2) is 22.7 Å². The molecular weight excluding hydrogens is 344 g/mol. The van der Waals surface area contributed by atoms with Crippen molar-refractivity contribution in [2.24, 2.45) is 5.73 Å². The number of benzene rings is 1. The molecule has 6 heteroatoms. The van der Waals surface area contributed by atoms with Crippen LogP contribution in [0.2, 0.25) is 0 Å². The second-order valence-electron chi connectivity index (χ2n) is 4.48. The van der Waals surface area contributed by atoms with Gasteiger partial charge in [0.25, 0.3) is 5.91 Å². The number of carbonyl (C=O) groups excluding carboxylic acids is 1. The Bertz CT molecular complexity index is 430. The summed E-state index contributed by atoms with van der Waals surface area (Å²) in [7, 11) is 0. The van der Waals surface area contributed by atoms with Gasteiger partial charge in [0, 0.05) is 6.54 Å². The van der Waals surface area contributed by atoms with Crippen LogP contribution in [-0.2, 0) is 4.79 Å². The highest BCUT2D eigenvalue weighted by atomic mass is 79.9. The van der Waals surface area contributed by atoms with Gasteiger partial charge in [-0.15, -0.1) is 12.4 Å². The summed E-state index contributed by atoms with van der Waals surface area (Å²) < 4.78 is 6.49. The molecule has 0 fully saturated rings. The maximum Gasteiger partial charge on any atom is 0.260 e. The van der Waals surface area contributed by atoms with Crippen LogP contribution < -0.4 is 15.8 Å². The van der Waals surface area contributed by atoms with Gasteiger partial charge in [-0.2, -0.15) is 0 Å². The lowest BCUT2D eigenvalue weighted by molar-refractivity contribution is -0.127. The van der Waals surface area contributed by atoms with Gasteiger partial charge in [-0.05, 0) is 66.9 Å². The molecule has 1 amide bonds. The Kier molecular flexibility index (Phi) is 9.63. The minimum Gasteiger partial charge on any atom is -0.480 e. The predicted molar refractivity (Wildman–Crippen MR) is 87.5 cm³/mol. The van der Waals surface area contributed by atoms with Gasteiger partial charge in [0.05, 0.1) is 4.47 Å². The van der Waals surface area contributed by atoms with Crippen LogP contribution in [0.3, 0.4) is 0 Å². The summed E-state index contributed by atoms with van der Waals surface area (Å²) in [5.41, 5.74) is 6.53. The second-order valence-corrected chi connectivity index (χ2v) is 5.34. The summed E-state index contributed by atoms with van der Waals surface area (Å²) in [6, 6.07) is 5.77. The SMILES string of the molecule is Cc1ccc(OC(C)C(=O)NCCCCN)c(Br)c1.Cl. The molecule has 0 heterocycles. The molecule has 1 aromatic rings. The third-order valence-corrected chi connectivity index (χ3v) is 3.31. The average Bonchev–Trinajstić information content (AvgIpc) is 2.37. The maximum absolute atomic E-state index is 11.8. The molecule has 0 saturated carbocycles.